The first-order valence-corrected chi connectivity index (χ1v) is 8.03. The molecule has 2 atom stereocenters. The van der Waals surface area contributed by atoms with Crippen molar-refractivity contribution in [3.05, 3.63) is 34.9 Å². The zero-order valence-electron chi connectivity index (χ0n) is 13.4. The van der Waals surface area contributed by atoms with Gasteiger partial charge in [-0.15, -0.1) is 0 Å². The molecule has 2 aliphatic rings. The fourth-order valence-corrected chi connectivity index (χ4v) is 3.83. The summed E-state index contributed by atoms with van der Waals surface area (Å²) in [5.74, 6) is 0.897. The SMILES string of the molecule is Cc1cc(C)cc(CN2CC(C)NCC2(C)C2CC2)c1. The van der Waals surface area contributed by atoms with Gasteiger partial charge in [0.25, 0.3) is 0 Å². The molecular weight excluding hydrogens is 244 g/mol. The van der Waals surface area contributed by atoms with E-state index in [1.54, 1.807) is 0 Å². The Labute approximate surface area is 123 Å². The summed E-state index contributed by atoms with van der Waals surface area (Å²) in [6, 6.07) is 7.58. The van der Waals surface area contributed by atoms with E-state index in [9.17, 15) is 0 Å². The van der Waals surface area contributed by atoms with Gasteiger partial charge in [-0.3, -0.25) is 4.90 Å². The van der Waals surface area contributed by atoms with Gasteiger partial charge in [-0.25, -0.2) is 0 Å². The summed E-state index contributed by atoms with van der Waals surface area (Å²) >= 11 is 0. The Kier molecular flexibility index (Phi) is 3.64. The lowest BCUT2D eigenvalue weighted by atomic mass is 9.89. The Bertz CT molecular complexity index is 472. The summed E-state index contributed by atoms with van der Waals surface area (Å²) in [4.78, 5) is 2.74. The van der Waals surface area contributed by atoms with Gasteiger partial charge in [0, 0.05) is 31.2 Å². The number of rotatable bonds is 3. The maximum atomic E-state index is 3.69. The van der Waals surface area contributed by atoms with Crippen LogP contribution in [0.15, 0.2) is 18.2 Å². The van der Waals surface area contributed by atoms with Crippen molar-refractivity contribution in [2.75, 3.05) is 13.1 Å². The van der Waals surface area contributed by atoms with Crippen molar-refractivity contribution in [3.63, 3.8) is 0 Å². The highest BCUT2D eigenvalue weighted by Gasteiger charge is 2.47. The van der Waals surface area contributed by atoms with E-state index < -0.39 is 0 Å². The average Bonchev–Trinajstić information content (AvgIpc) is 3.17. The highest BCUT2D eigenvalue weighted by molar-refractivity contribution is 5.29. The van der Waals surface area contributed by atoms with Crippen molar-refractivity contribution in [2.24, 2.45) is 5.92 Å². The Hall–Kier alpha value is -0.860. The van der Waals surface area contributed by atoms with E-state index in [-0.39, 0.29) is 0 Å². The van der Waals surface area contributed by atoms with E-state index in [2.05, 4.69) is 56.1 Å². The van der Waals surface area contributed by atoms with Crippen LogP contribution in [0.1, 0.15) is 43.4 Å². The number of nitrogens with one attached hydrogen (secondary N) is 1. The van der Waals surface area contributed by atoms with Crippen molar-refractivity contribution in [1.29, 1.82) is 0 Å². The van der Waals surface area contributed by atoms with E-state index in [0.717, 1.165) is 19.0 Å². The largest absolute Gasteiger partial charge is 0.311 e. The second-order valence-corrected chi connectivity index (χ2v) is 7.29. The number of benzene rings is 1. The van der Waals surface area contributed by atoms with Gasteiger partial charge in [0.05, 0.1) is 0 Å². The standard InChI is InChI=1S/C18H28N2/c1-13-7-14(2)9-16(8-13)11-20-10-15(3)19-12-18(20,4)17-5-6-17/h7-9,15,17,19H,5-6,10-12H2,1-4H3. The molecule has 0 amide bonds. The first-order valence-electron chi connectivity index (χ1n) is 8.03. The molecular formula is C18H28N2. The minimum atomic E-state index is 0.351. The van der Waals surface area contributed by atoms with Gasteiger partial charge >= 0.3 is 0 Å². The monoisotopic (exact) mass is 272 g/mol. The van der Waals surface area contributed by atoms with Gasteiger partial charge in [0.2, 0.25) is 0 Å². The molecule has 1 saturated heterocycles. The van der Waals surface area contributed by atoms with E-state index in [1.807, 2.05) is 0 Å². The van der Waals surface area contributed by atoms with Crippen molar-refractivity contribution < 1.29 is 0 Å². The summed E-state index contributed by atoms with van der Waals surface area (Å²) in [6.07, 6.45) is 2.83. The smallest absolute Gasteiger partial charge is 0.0338 e. The third kappa shape index (κ3) is 2.77. The van der Waals surface area contributed by atoms with Crippen molar-refractivity contribution in [2.45, 2.75) is 58.7 Å². The van der Waals surface area contributed by atoms with E-state index in [1.165, 1.54) is 36.1 Å². The van der Waals surface area contributed by atoms with Gasteiger partial charge in [0.15, 0.2) is 0 Å². The topological polar surface area (TPSA) is 15.3 Å². The summed E-state index contributed by atoms with van der Waals surface area (Å²) in [5, 5.41) is 3.69. The average molecular weight is 272 g/mol. The molecule has 0 bridgehead atoms. The molecule has 2 nitrogen and oxygen atoms in total. The van der Waals surface area contributed by atoms with Crippen LogP contribution in [0.5, 0.6) is 0 Å². The molecule has 2 fully saturated rings. The van der Waals surface area contributed by atoms with Crippen LogP contribution in [0, 0.1) is 19.8 Å². The molecule has 3 rings (SSSR count). The quantitative estimate of drug-likeness (QED) is 0.908. The third-order valence-electron chi connectivity index (χ3n) is 5.14. The zero-order valence-corrected chi connectivity index (χ0v) is 13.4. The highest BCUT2D eigenvalue weighted by atomic mass is 15.3. The van der Waals surface area contributed by atoms with Crippen LogP contribution in [0.25, 0.3) is 0 Å². The number of piperazine rings is 1. The molecule has 1 heterocycles. The Morgan fingerprint density at radius 3 is 2.45 bits per heavy atom. The Morgan fingerprint density at radius 2 is 1.85 bits per heavy atom. The van der Waals surface area contributed by atoms with Gasteiger partial charge in [0.1, 0.15) is 0 Å². The number of aryl methyl sites for hydroxylation is 2. The van der Waals surface area contributed by atoms with Crippen LogP contribution in [0.4, 0.5) is 0 Å². The fourth-order valence-electron chi connectivity index (χ4n) is 3.83. The molecule has 1 saturated carbocycles. The highest BCUT2D eigenvalue weighted by Crippen LogP contribution is 2.44. The maximum Gasteiger partial charge on any atom is 0.0338 e. The predicted octanol–water partition coefficient (Wildman–Crippen LogP) is 3.27. The van der Waals surface area contributed by atoms with E-state index >= 15 is 0 Å². The molecule has 2 unspecified atom stereocenters. The number of hydrogen-bond acceptors (Lipinski definition) is 2. The minimum absolute atomic E-state index is 0.351. The predicted molar refractivity (Wildman–Crippen MR) is 84.9 cm³/mol. The van der Waals surface area contributed by atoms with Gasteiger partial charge in [-0.05, 0) is 52.0 Å². The van der Waals surface area contributed by atoms with E-state index in [4.69, 9.17) is 0 Å². The van der Waals surface area contributed by atoms with Crippen LogP contribution in [0.2, 0.25) is 0 Å². The second-order valence-electron chi connectivity index (χ2n) is 7.29. The first kappa shape index (κ1) is 14.1. The van der Waals surface area contributed by atoms with E-state index in [0.29, 0.717) is 11.6 Å². The molecule has 0 aromatic heterocycles. The Balaban J connectivity index is 1.82. The lowest BCUT2D eigenvalue weighted by molar-refractivity contribution is 0.0312. The van der Waals surface area contributed by atoms with Crippen LogP contribution in [-0.2, 0) is 6.54 Å². The fraction of sp³-hybridized carbons (Fsp3) is 0.667. The lowest BCUT2D eigenvalue weighted by Crippen LogP contribution is -2.63. The molecule has 110 valence electrons. The summed E-state index contributed by atoms with van der Waals surface area (Å²) in [6.45, 7) is 12.6. The van der Waals surface area contributed by atoms with Crippen molar-refractivity contribution >= 4 is 0 Å². The maximum absolute atomic E-state index is 3.69. The molecule has 1 aliphatic heterocycles. The summed E-state index contributed by atoms with van der Waals surface area (Å²) < 4.78 is 0. The molecule has 1 aromatic rings. The third-order valence-corrected chi connectivity index (χ3v) is 5.14. The van der Waals surface area contributed by atoms with Crippen LogP contribution in [0.3, 0.4) is 0 Å². The van der Waals surface area contributed by atoms with Gasteiger partial charge in [-0.2, -0.15) is 0 Å². The molecule has 1 N–H and O–H groups in total. The van der Waals surface area contributed by atoms with Crippen LogP contribution >= 0.6 is 0 Å². The summed E-state index contributed by atoms with van der Waals surface area (Å²) in [5.41, 5.74) is 4.60. The number of nitrogens with zero attached hydrogens (tertiary/aromatic N) is 1. The molecule has 1 aliphatic carbocycles. The molecule has 1 aromatic carbocycles. The van der Waals surface area contributed by atoms with Crippen molar-refractivity contribution in [3.8, 4) is 0 Å². The van der Waals surface area contributed by atoms with Crippen LogP contribution < -0.4 is 5.32 Å². The van der Waals surface area contributed by atoms with Gasteiger partial charge in [-0.1, -0.05) is 29.3 Å². The molecule has 20 heavy (non-hydrogen) atoms. The normalized spacial score (nSPS) is 31.5. The molecule has 2 heteroatoms. The zero-order chi connectivity index (χ0) is 14.3. The number of hydrogen-bond donors (Lipinski definition) is 1. The molecule has 0 radical (unpaired) electrons. The first-order chi connectivity index (χ1) is 9.47. The summed E-state index contributed by atoms with van der Waals surface area (Å²) in [7, 11) is 0. The van der Waals surface area contributed by atoms with Crippen LogP contribution in [-0.4, -0.2) is 29.6 Å². The molecule has 0 spiro atoms. The van der Waals surface area contributed by atoms with Gasteiger partial charge < -0.3 is 5.32 Å². The minimum Gasteiger partial charge on any atom is -0.311 e. The Morgan fingerprint density at radius 1 is 1.20 bits per heavy atom. The lowest BCUT2D eigenvalue weighted by Gasteiger charge is -2.48. The second kappa shape index (κ2) is 5.16. The van der Waals surface area contributed by atoms with Crippen molar-refractivity contribution in [1.82, 2.24) is 10.2 Å².